The molecule has 0 aromatic heterocycles. The zero-order valence-corrected chi connectivity index (χ0v) is 14.0. The number of amides is 2. The maximum Gasteiger partial charge on any atom is 0.253 e. The number of benzene rings is 1. The van der Waals surface area contributed by atoms with Crippen molar-refractivity contribution in [1.29, 1.82) is 0 Å². The van der Waals surface area contributed by atoms with Crippen molar-refractivity contribution in [3.05, 3.63) is 29.8 Å². The van der Waals surface area contributed by atoms with Crippen LogP contribution in [0.4, 0.5) is 5.69 Å². The standard InChI is InChI=1S/C19H25N3O2/c23-18-2-1-9-22(18)17-5-3-14(4-6-17)19(24)21-10-7-15-12-20-13-16(15)8-11-21/h3-6,15-16,20H,1-2,7-13H2/t15-,16+. The first-order chi connectivity index (χ1) is 11.7. The summed E-state index contributed by atoms with van der Waals surface area (Å²) in [5.41, 5.74) is 1.64. The number of likely N-dealkylation sites (tertiary alicyclic amines) is 1. The maximum absolute atomic E-state index is 12.8. The van der Waals surface area contributed by atoms with E-state index in [-0.39, 0.29) is 11.8 Å². The van der Waals surface area contributed by atoms with Crippen molar-refractivity contribution in [3.8, 4) is 0 Å². The lowest BCUT2D eigenvalue weighted by molar-refractivity contribution is -0.117. The summed E-state index contributed by atoms with van der Waals surface area (Å²) in [7, 11) is 0. The van der Waals surface area contributed by atoms with Crippen molar-refractivity contribution in [3.63, 3.8) is 0 Å². The lowest BCUT2D eigenvalue weighted by atomic mass is 9.92. The van der Waals surface area contributed by atoms with Gasteiger partial charge in [-0.2, -0.15) is 0 Å². The Morgan fingerprint density at radius 1 is 1.00 bits per heavy atom. The van der Waals surface area contributed by atoms with Crippen molar-refractivity contribution in [1.82, 2.24) is 10.2 Å². The molecule has 0 bridgehead atoms. The van der Waals surface area contributed by atoms with Crippen LogP contribution in [0.3, 0.4) is 0 Å². The normalized spacial score (nSPS) is 27.2. The summed E-state index contributed by atoms with van der Waals surface area (Å²) in [5, 5.41) is 3.47. The molecule has 2 atom stereocenters. The molecule has 5 heteroatoms. The van der Waals surface area contributed by atoms with E-state index in [0.717, 1.165) is 75.1 Å². The Morgan fingerprint density at radius 2 is 1.67 bits per heavy atom. The average Bonchev–Trinajstić information content (AvgIpc) is 3.19. The second kappa shape index (κ2) is 6.55. The third kappa shape index (κ3) is 2.93. The molecule has 3 fully saturated rings. The summed E-state index contributed by atoms with van der Waals surface area (Å²) in [4.78, 5) is 28.4. The lowest BCUT2D eigenvalue weighted by Crippen LogP contribution is -2.32. The number of carbonyl (C=O) groups excluding carboxylic acids is 2. The molecule has 0 radical (unpaired) electrons. The first-order valence-electron chi connectivity index (χ1n) is 9.13. The van der Waals surface area contributed by atoms with E-state index < -0.39 is 0 Å². The molecular weight excluding hydrogens is 302 g/mol. The van der Waals surface area contributed by atoms with Crippen LogP contribution in [-0.4, -0.2) is 49.4 Å². The third-order valence-corrected chi connectivity index (χ3v) is 5.81. The van der Waals surface area contributed by atoms with Gasteiger partial charge in [0.2, 0.25) is 5.91 Å². The van der Waals surface area contributed by atoms with Gasteiger partial charge in [-0.3, -0.25) is 9.59 Å². The van der Waals surface area contributed by atoms with E-state index in [1.54, 1.807) is 0 Å². The topological polar surface area (TPSA) is 52.7 Å². The Hall–Kier alpha value is -1.88. The van der Waals surface area contributed by atoms with Gasteiger partial charge in [0.15, 0.2) is 0 Å². The molecule has 3 saturated heterocycles. The zero-order chi connectivity index (χ0) is 16.5. The first-order valence-corrected chi connectivity index (χ1v) is 9.13. The second-order valence-electron chi connectivity index (χ2n) is 7.24. The van der Waals surface area contributed by atoms with Gasteiger partial charge >= 0.3 is 0 Å². The molecule has 1 N–H and O–H groups in total. The van der Waals surface area contributed by atoms with E-state index in [1.165, 1.54) is 0 Å². The molecule has 4 rings (SSSR count). The fourth-order valence-electron chi connectivity index (χ4n) is 4.31. The van der Waals surface area contributed by atoms with Crippen LogP contribution in [0.25, 0.3) is 0 Å². The molecule has 1 aromatic carbocycles. The lowest BCUT2D eigenvalue weighted by Gasteiger charge is -2.22. The Balaban J connectivity index is 1.43. The van der Waals surface area contributed by atoms with Crippen molar-refractivity contribution in [2.24, 2.45) is 11.8 Å². The second-order valence-corrected chi connectivity index (χ2v) is 7.24. The monoisotopic (exact) mass is 327 g/mol. The molecule has 24 heavy (non-hydrogen) atoms. The Morgan fingerprint density at radius 3 is 2.25 bits per heavy atom. The van der Waals surface area contributed by atoms with Gasteiger partial charge < -0.3 is 15.1 Å². The Labute approximate surface area is 143 Å². The van der Waals surface area contributed by atoms with E-state index in [4.69, 9.17) is 0 Å². The van der Waals surface area contributed by atoms with Gasteiger partial charge in [-0.1, -0.05) is 0 Å². The number of rotatable bonds is 2. The van der Waals surface area contributed by atoms with Gasteiger partial charge in [-0.25, -0.2) is 0 Å². The predicted octanol–water partition coefficient (Wildman–Crippen LogP) is 1.88. The molecule has 0 unspecified atom stereocenters. The Kier molecular flexibility index (Phi) is 4.27. The largest absolute Gasteiger partial charge is 0.339 e. The molecule has 0 aliphatic carbocycles. The number of hydrogen-bond acceptors (Lipinski definition) is 3. The fraction of sp³-hybridized carbons (Fsp3) is 0.579. The van der Waals surface area contributed by atoms with Crippen LogP contribution in [0.15, 0.2) is 24.3 Å². The molecule has 5 nitrogen and oxygen atoms in total. The number of fused-ring (bicyclic) bond motifs is 1. The smallest absolute Gasteiger partial charge is 0.253 e. The van der Waals surface area contributed by atoms with Crippen molar-refractivity contribution in [2.45, 2.75) is 25.7 Å². The maximum atomic E-state index is 12.8. The van der Waals surface area contributed by atoms with Crippen LogP contribution in [0.1, 0.15) is 36.0 Å². The van der Waals surface area contributed by atoms with Gasteiger partial charge in [-0.15, -0.1) is 0 Å². The first kappa shape index (κ1) is 15.6. The van der Waals surface area contributed by atoms with Crippen LogP contribution in [-0.2, 0) is 4.79 Å². The minimum Gasteiger partial charge on any atom is -0.339 e. The van der Waals surface area contributed by atoms with E-state index in [0.29, 0.717) is 6.42 Å². The fourth-order valence-corrected chi connectivity index (χ4v) is 4.31. The third-order valence-electron chi connectivity index (χ3n) is 5.81. The van der Waals surface area contributed by atoms with Crippen molar-refractivity contribution in [2.75, 3.05) is 37.6 Å². The number of carbonyl (C=O) groups is 2. The highest BCUT2D eigenvalue weighted by Crippen LogP contribution is 2.28. The minimum atomic E-state index is 0.127. The summed E-state index contributed by atoms with van der Waals surface area (Å²) in [5.74, 6) is 1.77. The molecule has 2 amide bonds. The van der Waals surface area contributed by atoms with Gasteiger partial charge in [0, 0.05) is 37.3 Å². The molecular formula is C19H25N3O2. The van der Waals surface area contributed by atoms with Crippen molar-refractivity contribution < 1.29 is 9.59 Å². The quantitative estimate of drug-likeness (QED) is 0.902. The SMILES string of the molecule is O=C(c1ccc(N2CCCC2=O)cc1)N1CC[C@@H]2CNC[C@@H]2CC1. The van der Waals surface area contributed by atoms with E-state index in [1.807, 2.05) is 34.1 Å². The molecule has 0 saturated carbocycles. The van der Waals surface area contributed by atoms with Crippen LogP contribution >= 0.6 is 0 Å². The highest BCUT2D eigenvalue weighted by atomic mass is 16.2. The summed E-state index contributed by atoms with van der Waals surface area (Å²) < 4.78 is 0. The van der Waals surface area contributed by atoms with Crippen LogP contribution in [0.5, 0.6) is 0 Å². The number of anilines is 1. The number of nitrogens with zero attached hydrogens (tertiary/aromatic N) is 2. The van der Waals surface area contributed by atoms with Crippen molar-refractivity contribution >= 4 is 17.5 Å². The predicted molar refractivity (Wildman–Crippen MR) is 93.0 cm³/mol. The Bertz CT molecular complexity index is 614. The summed E-state index contributed by atoms with van der Waals surface area (Å²) in [6.07, 6.45) is 3.75. The van der Waals surface area contributed by atoms with E-state index >= 15 is 0 Å². The average molecular weight is 327 g/mol. The van der Waals surface area contributed by atoms with Gasteiger partial charge in [0.25, 0.3) is 5.91 Å². The molecule has 3 aliphatic heterocycles. The van der Waals surface area contributed by atoms with Gasteiger partial charge in [-0.05, 0) is 68.5 Å². The molecule has 128 valence electrons. The summed E-state index contributed by atoms with van der Waals surface area (Å²) in [6.45, 7) is 4.70. The van der Waals surface area contributed by atoms with Gasteiger partial charge in [0.05, 0.1) is 0 Å². The molecule has 0 spiro atoms. The van der Waals surface area contributed by atoms with Gasteiger partial charge in [0.1, 0.15) is 0 Å². The summed E-state index contributed by atoms with van der Waals surface area (Å²) in [6, 6.07) is 7.56. The summed E-state index contributed by atoms with van der Waals surface area (Å²) >= 11 is 0. The van der Waals surface area contributed by atoms with Crippen LogP contribution < -0.4 is 10.2 Å². The van der Waals surface area contributed by atoms with Crippen LogP contribution in [0, 0.1) is 11.8 Å². The molecule has 3 aliphatic rings. The zero-order valence-electron chi connectivity index (χ0n) is 14.0. The highest BCUT2D eigenvalue weighted by molar-refractivity contribution is 5.97. The van der Waals surface area contributed by atoms with E-state index in [9.17, 15) is 9.59 Å². The van der Waals surface area contributed by atoms with E-state index in [2.05, 4.69) is 5.32 Å². The number of hydrogen-bond donors (Lipinski definition) is 1. The molecule has 1 aromatic rings. The molecule has 3 heterocycles. The minimum absolute atomic E-state index is 0.127. The van der Waals surface area contributed by atoms with Crippen LogP contribution in [0.2, 0.25) is 0 Å². The highest BCUT2D eigenvalue weighted by Gasteiger charge is 2.31. The number of nitrogens with one attached hydrogen (secondary N) is 1.